The summed E-state index contributed by atoms with van der Waals surface area (Å²) in [5.41, 5.74) is 0. The summed E-state index contributed by atoms with van der Waals surface area (Å²) < 4.78 is 39.4. The first-order valence-electron chi connectivity index (χ1n) is 26.8. The van der Waals surface area contributed by atoms with Gasteiger partial charge in [0.15, 0.2) is 6.10 Å². The number of carbonyl (C=O) groups excluding carboxylic acids is 3. The van der Waals surface area contributed by atoms with E-state index in [9.17, 15) is 28.9 Å². The number of ether oxygens (including phenoxy) is 3. The number of rotatable bonds is 49. The van der Waals surface area contributed by atoms with Crippen LogP contribution < -0.4 is 0 Å². The number of unbranched alkanes of at least 4 members (excludes halogenated alkanes) is 20. The minimum absolute atomic E-state index is 0.146. The zero-order valence-electron chi connectivity index (χ0n) is 43.1. The van der Waals surface area contributed by atoms with E-state index in [1.807, 2.05) is 0 Å². The van der Waals surface area contributed by atoms with Crippen molar-refractivity contribution in [2.24, 2.45) is 0 Å². The molecule has 0 radical (unpaired) electrons. The summed E-state index contributed by atoms with van der Waals surface area (Å²) in [6, 6.07) is 0. The third kappa shape index (κ3) is 48.0. The summed E-state index contributed by atoms with van der Waals surface area (Å²) in [4.78, 5) is 48.3. The van der Waals surface area contributed by atoms with Crippen molar-refractivity contribution >= 4 is 25.7 Å². The van der Waals surface area contributed by atoms with Crippen molar-refractivity contribution in [3.05, 3.63) is 72.9 Å². The number of phosphoric ester groups is 1. The van der Waals surface area contributed by atoms with Crippen LogP contribution in [0.25, 0.3) is 0 Å². The Labute approximate surface area is 414 Å². The van der Waals surface area contributed by atoms with Crippen LogP contribution in [-0.4, -0.2) is 66.5 Å². The maximum Gasteiger partial charge on any atom is 0.472 e. The summed E-state index contributed by atoms with van der Waals surface area (Å²) in [7, 11) is -4.75. The molecule has 3 unspecified atom stereocenters. The van der Waals surface area contributed by atoms with Crippen LogP contribution in [0.5, 0.6) is 0 Å². The molecule has 0 fully saturated rings. The SMILES string of the molecule is CC/C=C\C/C=C\C/C=C\CCCCCCCC(=O)OC(CO)COP(=O)(O)OCC(COC(=O)CCCCCCCCCCCCC)OC(=O)CCCCCCC/C=C\C/C=C\C/C=C\CC. The molecule has 0 spiro atoms. The van der Waals surface area contributed by atoms with E-state index >= 15 is 0 Å². The van der Waals surface area contributed by atoms with Gasteiger partial charge in [-0.25, -0.2) is 4.57 Å². The Kier molecular flexibility index (Phi) is 48.0. The second-order valence-electron chi connectivity index (χ2n) is 17.6. The molecule has 0 heterocycles. The van der Waals surface area contributed by atoms with Crippen molar-refractivity contribution in [1.82, 2.24) is 0 Å². The Morgan fingerprint density at radius 1 is 0.426 bits per heavy atom. The second kappa shape index (κ2) is 50.3. The maximum atomic E-state index is 12.9. The van der Waals surface area contributed by atoms with Gasteiger partial charge in [0.05, 0.1) is 19.8 Å². The van der Waals surface area contributed by atoms with E-state index in [0.717, 1.165) is 122 Å². The zero-order chi connectivity index (χ0) is 49.9. The third-order valence-electron chi connectivity index (χ3n) is 11.1. The van der Waals surface area contributed by atoms with E-state index in [1.165, 1.54) is 44.9 Å². The molecule has 2 N–H and O–H groups in total. The van der Waals surface area contributed by atoms with Gasteiger partial charge in [0.2, 0.25) is 0 Å². The van der Waals surface area contributed by atoms with Crippen LogP contribution in [0, 0.1) is 0 Å². The molecule has 0 saturated carbocycles. The molecule has 68 heavy (non-hydrogen) atoms. The Morgan fingerprint density at radius 3 is 1.18 bits per heavy atom. The second-order valence-corrected chi connectivity index (χ2v) is 19.1. The van der Waals surface area contributed by atoms with E-state index < -0.39 is 57.8 Å². The minimum atomic E-state index is -4.75. The van der Waals surface area contributed by atoms with Crippen molar-refractivity contribution in [3.63, 3.8) is 0 Å². The smallest absolute Gasteiger partial charge is 0.462 e. The summed E-state index contributed by atoms with van der Waals surface area (Å²) in [6.07, 6.45) is 54.4. The van der Waals surface area contributed by atoms with Gasteiger partial charge in [-0.05, 0) is 83.5 Å². The molecule has 0 rings (SSSR count). The Morgan fingerprint density at radius 2 is 0.765 bits per heavy atom. The summed E-state index contributed by atoms with van der Waals surface area (Å²) in [5, 5.41) is 9.79. The molecule has 0 amide bonds. The van der Waals surface area contributed by atoms with E-state index in [2.05, 4.69) is 93.7 Å². The van der Waals surface area contributed by atoms with Gasteiger partial charge in [-0.2, -0.15) is 0 Å². The lowest BCUT2D eigenvalue weighted by Gasteiger charge is -2.21. The third-order valence-corrected chi connectivity index (χ3v) is 12.1. The first-order chi connectivity index (χ1) is 33.2. The van der Waals surface area contributed by atoms with Crippen LogP contribution in [-0.2, 0) is 42.2 Å². The molecule has 392 valence electrons. The van der Waals surface area contributed by atoms with Crippen LogP contribution >= 0.6 is 7.82 Å². The number of allylic oxidation sites excluding steroid dienone is 12. The van der Waals surface area contributed by atoms with Crippen molar-refractivity contribution in [3.8, 4) is 0 Å². The van der Waals surface area contributed by atoms with E-state index in [-0.39, 0.29) is 25.9 Å². The molecule has 11 nitrogen and oxygen atoms in total. The lowest BCUT2D eigenvalue weighted by molar-refractivity contribution is -0.161. The van der Waals surface area contributed by atoms with Crippen LogP contribution in [0.15, 0.2) is 72.9 Å². The highest BCUT2D eigenvalue weighted by atomic mass is 31.2. The normalized spacial score (nSPS) is 14.0. The number of phosphoric acid groups is 1. The molecule has 0 aliphatic carbocycles. The number of aliphatic hydroxyl groups excluding tert-OH is 1. The molecule has 0 aromatic heterocycles. The van der Waals surface area contributed by atoms with Crippen LogP contribution in [0.3, 0.4) is 0 Å². The molecular weight excluding hydrogens is 880 g/mol. The summed E-state index contributed by atoms with van der Waals surface area (Å²) >= 11 is 0. The van der Waals surface area contributed by atoms with E-state index in [4.69, 9.17) is 23.3 Å². The standard InChI is InChI=1S/C56H97O11P/c1-4-7-10-13-16-19-22-24-26-28-31-34-37-40-43-46-55(59)66-52(48-57)50-64-68(61,62)65-51-53(49-63-54(58)45-42-39-36-33-30-21-18-15-12-9-6-3)67-56(60)47-44-41-38-35-32-29-27-25-23-20-17-14-11-8-5-2/h7-8,10-11,16-17,19-20,24-27,52-53,57H,4-6,9,12-15,18,21-23,28-51H2,1-3H3,(H,61,62)/b10-7-,11-8-,19-16-,20-17-,26-24-,27-25-. The molecule has 12 heteroatoms. The Hall–Kier alpha value is -3.08. The quantitative estimate of drug-likeness (QED) is 0.0197. The van der Waals surface area contributed by atoms with Gasteiger partial charge in [0, 0.05) is 19.3 Å². The fraction of sp³-hybridized carbons (Fsp3) is 0.732. The maximum absolute atomic E-state index is 12.9. The first kappa shape index (κ1) is 64.9. The monoisotopic (exact) mass is 977 g/mol. The molecule has 0 saturated heterocycles. The highest BCUT2D eigenvalue weighted by Gasteiger charge is 2.28. The number of carbonyl (C=O) groups is 3. The zero-order valence-corrected chi connectivity index (χ0v) is 43.9. The van der Waals surface area contributed by atoms with Crippen LogP contribution in [0.1, 0.15) is 226 Å². The van der Waals surface area contributed by atoms with Crippen molar-refractivity contribution in [1.29, 1.82) is 0 Å². The van der Waals surface area contributed by atoms with Gasteiger partial charge in [-0.3, -0.25) is 23.4 Å². The molecule has 0 aliphatic heterocycles. The van der Waals surface area contributed by atoms with Gasteiger partial charge in [-0.15, -0.1) is 0 Å². The molecule has 0 bridgehead atoms. The van der Waals surface area contributed by atoms with E-state index in [0.29, 0.717) is 19.3 Å². The fourth-order valence-corrected chi connectivity index (χ4v) is 7.87. The average molecular weight is 977 g/mol. The average Bonchev–Trinajstić information content (AvgIpc) is 3.32. The largest absolute Gasteiger partial charge is 0.472 e. The van der Waals surface area contributed by atoms with Gasteiger partial charge >= 0.3 is 25.7 Å². The van der Waals surface area contributed by atoms with Crippen molar-refractivity contribution in [2.45, 2.75) is 238 Å². The first-order valence-corrected chi connectivity index (χ1v) is 28.3. The molecule has 0 aliphatic rings. The predicted octanol–water partition coefficient (Wildman–Crippen LogP) is 15.4. The summed E-state index contributed by atoms with van der Waals surface area (Å²) in [6.45, 7) is 4.37. The van der Waals surface area contributed by atoms with E-state index in [1.54, 1.807) is 0 Å². The molecule has 0 aromatic carbocycles. The number of hydrogen-bond acceptors (Lipinski definition) is 10. The van der Waals surface area contributed by atoms with Gasteiger partial charge in [0.25, 0.3) is 0 Å². The lowest BCUT2D eigenvalue weighted by atomic mass is 10.1. The predicted molar refractivity (Wildman–Crippen MR) is 279 cm³/mol. The Bertz CT molecular complexity index is 1420. The number of hydrogen-bond donors (Lipinski definition) is 2. The van der Waals surface area contributed by atoms with Crippen LogP contribution in [0.2, 0.25) is 0 Å². The van der Waals surface area contributed by atoms with Gasteiger partial charge < -0.3 is 24.2 Å². The molecule has 3 atom stereocenters. The Balaban J connectivity index is 4.74. The van der Waals surface area contributed by atoms with Gasteiger partial charge in [-0.1, -0.05) is 196 Å². The van der Waals surface area contributed by atoms with Crippen molar-refractivity contribution in [2.75, 3.05) is 26.4 Å². The number of aliphatic hydroxyl groups is 1. The topological polar surface area (TPSA) is 155 Å². The molecule has 0 aromatic rings. The minimum Gasteiger partial charge on any atom is -0.462 e. The van der Waals surface area contributed by atoms with Crippen LogP contribution in [0.4, 0.5) is 0 Å². The number of esters is 3. The summed E-state index contributed by atoms with van der Waals surface area (Å²) in [5.74, 6) is -1.50. The van der Waals surface area contributed by atoms with Crippen molar-refractivity contribution < 1.29 is 52.2 Å². The highest BCUT2D eigenvalue weighted by molar-refractivity contribution is 7.47. The highest BCUT2D eigenvalue weighted by Crippen LogP contribution is 2.43. The fourth-order valence-electron chi connectivity index (χ4n) is 7.09. The lowest BCUT2D eigenvalue weighted by Crippen LogP contribution is -2.30. The van der Waals surface area contributed by atoms with Gasteiger partial charge in [0.1, 0.15) is 12.7 Å². The molecular formula is C56H97O11P.